The van der Waals surface area contributed by atoms with Crippen molar-refractivity contribution in [3.63, 3.8) is 0 Å². The summed E-state index contributed by atoms with van der Waals surface area (Å²) in [7, 11) is 0. The van der Waals surface area contributed by atoms with Crippen LogP contribution in [0.3, 0.4) is 0 Å². The molecule has 3 atom stereocenters. The van der Waals surface area contributed by atoms with Gasteiger partial charge in [0.1, 0.15) is 0 Å². The highest BCUT2D eigenvalue weighted by molar-refractivity contribution is 7.11. The molecule has 2 rings (SSSR count). The van der Waals surface area contributed by atoms with E-state index in [2.05, 4.69) is 31.1 Å². The fourth-order valence-electron chi connectivity index (χ4n) is 2.86. The molecule has 0 aliphatic heterocycles. The molecule has 0 aromatic carbocycles. The molecule has 1 aromatic rings. The number of aromatic nitrogens is 1. The maximum absolute atomic E-state index is 6.19. The first-order valence-corrected chi connectivity index (χ1v) is 7.82. The molecule has 1 aliphatic carbocycles. The van der Waals surface area contributed by atoms with E-state index in [1.807, 2.05) is 0 Å². The van der Waals surface area contributed by atoms with Gasteiger partial charge in [-0.25, -0.2) is 4.98 Å². The Bertz CT molecular complexity index is 388. The number of hydrogen-bond acceptors (Lipinski definition) is 4. The van der Waals surface area contributed by atoms with E-state index in [-0.39, 0.29) is 0 Å². The molecule has 1 heterocycles. The van der Waals surface area contributed by atoms with Crippen LogP contribution in [0.2, 0.25) is 0 Å². The summed E-state index contributed by atoms with van der Waals surface area (Å²) < 4.78 is 0. The molecule has 0 radical (unpaired) electrons. The summed E-state index contributed by atoms with van der Waals surface area (Å²) in [5.74, 6) is 0.649. The molecular formula is C14H25N3S. The lowest BCUT2D eigenvalue weighted by Gasteiger charge is -2.29. The van der Waals surface area contributed by atoms with Gasteiger partial charge >= 0.3 is 0 Å². The van der Waals surface area contributed by atoms with Crippen LogP contribution in [0.5, 0.6) is 0 Å². The van der Waals surface area contributed by atoms with Crippen LogP contribution in [-0.2, 0) is 0 Å². The molecule has 102 valence electrons. The van der Waals surface area contributed by atoms with Crippen molar-refractivity contribution in [2.75, 3.05) is 6.54 Å². The van der Waals surface area contributed by atoms with Crippen LogP contribution in [0, 0.1) is 19.8 Å². The Morgan fingerprint density at radius 1 is 1.39 bits per heavy atom. The SMILES string of the molecule is Cc1nc(C)c(C(C)NCC2CCCCC2N)s1. The van der Waals surface area contributed by atoms with Gasteiger partial charge in [0, 0.05) is 23.5 Å². The molecule has 1 fully saturated rings. The Morgan fingerprint density at radius 3 is 2.72 bits per heavy atom. The summed E-state index contributed by atoms with van der Waals surface area (Å²) in [6, 6.07) is 0.785. The van der Waals surface area contributed by atoms with Crippen LogP contribution in [0.4, 0.5) is 0 Å². The second kappa shape index (κ2) is 6.13. The summed E-state index contributed by atoms with van der Waals surface area (Å²) in [4.78, 5) is 5.87. The second-order valence-corrected chi connectivity index (χ2v) is 6.76. The monoisotopic (exact) mass is 267 g/mol. The Balaban J connectivity index is 1.87. The van der Waals surface area contributed by atoms with Gasteiger partial charge in [0.2, 0.25) is 0 Å². The molecule has 3 nitrogen and oxygen atoms in total. The topological polar surface area (TPSA) is 50.9 Å². The minimum absolute atomic E-state index is 0.391. The zero-order valence-electron chi connectivity index (χ0n) is 11.7. The summed E-state index contributed by atoms with van der Waals surface area (Å²) in [6.45, 7) is 7.45. The molecule has 1 aromatic heterocycles. The van der Waals surface area contributed by atoms with Crippen molar-refractivity contribution in [2.24, 2.45) is 11.7 Å². The van der Waals surface area contributed by atoms with E-state index in [1.54, 1.807) is 11.3 Å². The standard InChI is InChI=1S/C14H25N3S/c1-9(14-10(2)17-11(3)18-14)16-8-12-6-4-5-7-13(12)15/h9,12-13,16H,4-8,15H2,1-3H3. The van der Waals surface area contributed by atoms with Crippen molar-refractivity contribution in [1.29, 1.82) is 0 Å². The molecular weight excluding hydrogens is 242 g/mol. The Labute approximate surface area is 114 Å². The fraction of sp³-hybridized carbons (Fsp3) is 0.786. The number of nitrogens with two attached hydrogens (primary N) is 1. The molecule has 0 spiro atoms. The molecule has 0 saturated heterocycles. The van der Waals surface area contributed by atoms with Gasteiger partial charge in [0.15, 0.2) is 0 Å². The van der Waals surface area contributed by atoms with Gasteiger partial charge in [0.05, 0.1) is 10.7 Å². The Kier molecular flexibility index (Phi) is 4.76. The van der Waals surface area contributed by atoms with Crippen LogP contribution in [0.25, 0.3) is 0 Å². The van der Waals surface area contributed by atoms with Gasteiger partial charge in [-0.3, -0.25) is 0 Å². The number of nitrogens with one attached hydrogen (secondary N) is 1. The van der Waals surface area contributed by atoms with Crippen molar-refractivity contribution >= 4 is 11.3 Å². The summed E-state index contributed by atoms with van der Waals surface area (Å²) >= 11 is 1.80. The van der Waals surface area contributed by atoms with Crippen molar-refractivity contribution < 1.29 is 0 Å². The first-order valence-electron chi connectivity index (χ1n) is 7.01. The predicted molar refractivity (Wildman–Crippen MR) is 77.9 cm³/mol. The van der Waals surface area contributed by atoms with Gasteiger partial charge < -0.3 is 11.1 Å². The molecule has 18 heavy (non-hydrogen) atoms. The second-order valence-electron chi connectivity index (χ2n) is 5.52. The minimum Gasteiger partial charge on any atom is -0.327 e. The fourth-order valence-corrected chi connectivity index (χ4v) is 3.81. The third-order valence-corrected chi connectivity index (χ3v) is 5.24. The van der Waals surface area contributed by atoms with E-state index in [0.717, 1.165) is 11.6 Å². The first-order chi connectivity index (χ1) is 8.58. The maximum Gasteiger partial charge on any atom is 0.0900 e. The molecule has 1 saturated carbocycles. The van der Waals surface area contributed by atoms with E-state index in [0.29, 0.717) is 18.0 Å². The average molecular weight is 267 g/mol. The van der Waals surface area contributed by atoms with E-state index in [9.17, 15) is 0 Å². The third kappa shape index (κ3) is 3.31. The molecule has 3 N–H and O–H groups in total. The summed E-state index contributed by atoms with van der Waals surface area (Å²) in [5.41, 5.74) is 7.36. The number of hydrogen-bond donors (Lipinski definition) is 2. The Hall–Kier alpha value is -0.450. The average Bonchev–Trinajstić information content (AvgIpc) is 2.67. The lowest BCUT2D eigenvalue weighted by molar-refractivity contribution is 0.289. The van der Waals surface area contributed by atoms with E-state index < -0.39 is 0 Å². The Morgan fingerprint density at radius 2 is 2.11 bits per heavy atom. The minimum atomic E-state index is 0.391. The van der Waals surface area contributed by atoms with E-state index in [4.69, 9.17) is 5.73 Å². The summed E-state index contributed by atoms with van der Waals surface area (Å²) in [5, 5.41) is 4.80. The van der Waals surface area contributed by atoms with E-state index >= 15 is 0 Å². The molecule has 1 aliphatic rings. The molecule has 0 bridgehead atoms. The molecule has 0 amide bonds. The smallest absolute Gasteiger partial charge is 0.0900 e. The highest BCUT2D eigenvalue weighted by atomic mass is 32.1. The quantitative estimate of drug-likeness (QED) is 0.882. The number of nitrogens with zero attached hydrogens (tertiary/aromatic N) is 1. The van der Waals surface area contributed by atoms with Crippen LogP contribution in [0.15, 0.2) is 0 Å². The predicted octanol–water partition coefficient (Wildman–Crippen LogP) is 2.93. The first kappa shape index (κ1) is 14.0. The maximum atomic E-state index is 6.19. The normalized spacial score (nSPS) is 26.2. The van der Waals surface area contributed by atoms with Crippen molar-refractivity contribution in [2.45, 2.75) is 58.5 Å². The largest absolute Gasteiger partial charge is 0.327 e. The van der Waals surface area contributed by atoms with Crippen molar-refractivity contribution in [3.8, 4) is 0 Å². The van der Waals surface area contributed by atoms with Crippen molar-refractivity contribution in [3.05, 3.63) is 15.6 Å². The highest BCUT2D eigenvalue weighted by Crippen LogP contribution is 2.26. The van der Waals surface area contributed by atoms with Crippen LogP contribution < -0.4 is 11.1 Å². The third-order valence-electron chi connectivity index (χ3n) is 3.99. The lowest BCUT2D eigenvalue weighted by atomic mass is 9.85. The van der Waals surface area contributed by atoms with Gasteiger partial charge in [0.25, 0.3) is 0 Å². The van der Waals surface area contributed by atoms with Gasteiger partial charge in [-0.15, -0.1) is 11.3 Å². The van der Waals surface area contributed by atoms with Crippen molar-refractivity contribution in [1.82, 2.24) is 10.3 Å². The zero-order chi connectivity index (χ0) is 13.1. The van der Waals surface area contributed by atoms with Gasteiger partial charge in [-0.05, 0) is 39.5 Å². The van der Waals surface area contributed by atoms with E-state index in [1.165, 1.54) is 36.3 Å². The zero-order valence-corrected chi connectivity index (χ0v) is 12.5. The highest BCUT2D eigenvalue weighted by Gasteiger charge is 2.22. The van der Waals surface area contributed by atoms with Crippen LogP contribution in [-0.4, -0.2) is 17.6 Å². The number of thiazole rings is 1. The van der Waals surface area contributed by atoms with Crippen LogP contribution in [0.1, 0.15) is 54.2 Å². The van der Waals surface area contributed by atoms with Gasteiger partial charge in [-0.2, -0.15) is 0 Å². The number of rotatable bonds is 4. The summed E-state index contributed by atoms with van der Waals surface area (Å²) in [6.07, 6.45) is 5.12. The van der Waals surface area contributed by atoms with Crippen LogP contribution >= 0.6 is 11.3 Å². The van der Waals surface area contributed by atoms with Gasteiger partial charge in [-0.1, -0.05) is 12.8 Å². The molecule has 4 heteroatoms. The molecule has 3 unspecified atom stereocenters. The number of aryl methyl sites for hydroxylation is 2. The lowest BCUT2D eigenvalue weighted by Crippen LogP contribution is -2.39.